The second-order valence-electron chi connectivity index (χ2n) is 4.55. The second-order valence-corrected chi connectivity index (χ2v) is 4.96. The Kier molecular flexibility index (Phi) is 4.07. The summed E-state index contributed by atoms with van der Waals surface area (Å²) >= 11 is 5.81. The molecule has 0 radical (unpaired) electrons. The molecule has 5 nitrogen and oxygen atoms in total. The van der Waals surface area contributed by atoms with E-state index in [-0.39, 0.29) is 28.6 Å². The van der Waals surface area contributed by atoms with Crippen LogP contribution in [0, 0.1) is 0 Å². The monoisotopic (exact) mass is 282 g/mol. The van der Waals surface area contributed by atoms with Gasteiger partial charge in [-0.2, -0.15) is 0 Å². The number of phenolic OH excluding ortho intramolecular Hbond substituents is 1. The van der Waals surface area contributed by atoms with Gasteiger partial charge < -0.3 is 10.4 Å². The molecule has 1 atom stereocenters. The number of amides is 2. The molecular formula is C13H15ClN2O3. The van der Waals surface area contributed by atoms with E-state index < -0.39 is 0 Å². The Morgan fingerprint density at radius 1 is 1.47 bits per heavy atom. The molecule has 19 heavy (non-hydrogen) atoms. The van der Waals surface area contributed by atoms with Gasteiger partial charge in [0.1, 0.15) is 5.75 Å². The fourth-order valence-electron chi connectivity index (χ4n) is 2.01. The maximum Gasteiger partial charge on any atom is 0.246 e. The van der Waals surface area contributed by atoms with Gasteiger partial charge in [0.05, 0.1) is 11.1 Å². The van der Waals surface area contributed by atoms with Crippen LogP contribution in [0.3, 0.4) is 0 Å². The molecule has 0 aromatic heterocycles. The first-order valence-electron chi connectivity index (χ1n) is 6.00. The van der Waals surface area contributed by atoms with Crippen molar-refractivity contribution in [3.63, 3.8) is 0 Å². The normalized spacial score (nSPS) is 19.9. The first-order valence-corrected chi connectivity index (χ1v) is 6.38. The number of imide groups is 1. The van der Waals surface area contributed by atoms with Crippen LogP contribution >= 0.6 is 11.6 Å². The second kappa shape index (κ2) is 5.59. The molecule has 0 aliphatic carbocycles. The third-order valence-corrected chi connectivity index (χ3v) is 3.52. The van der Waals surface area contributed by atoms with Gasteiger partial charge in [0.25, 0.3) is 0 Å². The molecule has 1 aromatic rings. The van der Waals surface area contributed by atoms with Crippen molar-refractivity contribution in [1.82, 2.24) is 10.2 Å². The van der Waals surface area contributed by atoms with E-state index in [0.29, 0.717) is 19.4 Å². The molecule has 0 saturated carbocycles. The molecule has 0 spiro atoms. The maximum absolute atomic E-state index is 11.9. The minimum Gasteiger partial charge on any atom is -0.506 e. The van der Waals surface area contributed by atoms with Crippen molar-refractivity contribution in [3.8, 4) is 5.75 Å². The number of likely N-dealkylation sites (tertiary alicyclic amines) is 1. The molecule has 1 saturated heterocycles. The van der Waals surface area contributed by atoms with Gasteiger partial charge in [0, 0.05) is 20.0 Å². The summed E-state index contributed by atoms with van der Waals surface area (Å²) in [6.07, 6.45) is 0.879. The Morgan fingerprint density at radius 3 is 2.89 bits per heavy atom. The predicted octanol–water partition coefficient (Wildman–Crippen LogP) is 1.28. The molecule has 1 aromatic carbocycles. The molecular weight excluding hydrogens is 268 g/mol. The highest BCUT2D eigenvalue weighted by molar-refractivity contribution is 6.32. The lowest BCUT2D eigenvalue weighted by atomic mass is 10.0. The van der Waals surface area contributed by atoms with E-state index in [1.807, 2.05) is 0 Å². The number of rotatable bonds is 3. The van der Waals surface area contributed by atoms with Crippen LogP contribution in [0.2, 0.25) is 5.02 Å². The highest BCUT2D eigenvalue weighted by atomic mass is 35.5. The first kappa shape index (κ1) is 13.8. The summed E-state index contributed by atoms with van der Waals surface area (Å²) in [5.41, 5.74) is 0.871. The molecule has 2 N–H and O–H groups in total. The number of nitrogens with one attached hydrogen (secondary N) is 1. The number of hydrogen-bond donors (Lipinski definition) is 2. The van der Waals surface area contributed by atoms with E-state index in [9.17, 15) is 14.7 Å². The standard InChI is InChI=1S/C13H15ClN2O3/c1-16-12(18)5-3-10(13(16)19)15-7-8-2-4-11(17)9(14)6-8/h2,4,6,10,15,17H,3,5,7H2,1H3. The van der Waals surface area contributed by atoms with E-state index in [2.05, 4.69) is 5.32 Å². The summed E-state index contributed by atoms with van der Waals surface area (Å²) in [7, 11) is 1.50. The highest BCUT2D eigenvalue weighted by Gasteiger charge is 2.31. The summed E-state index contributed by atoms with van der Waals surface area (Å²) in [6.45, 7) is 0.457. The molecule has 2 amide bonds. The molecule has 6 heteroatoms. The fourth-order valence-corrected chi connectivity index (χ4v) is 2.21. The predicted molar refractivity (Wildman–Crippen MR) is 70.8 cm³/mol. The number of hydrogen-bond acceptors (Lipinski definition) is 4. The van der Waals surface area contributed by atoms with Crippen molar-refractivity contribution in [3.05, 3.63) is 28.8 Å². The molecule has 1 heterocycles. The van der Waals surface area contributed by atoms with Crippen LogP contribution in [-0.2, 0) is 16.1 Å². The van der Waals surface area contributed by atoms with Gasteiger partial charge in [-0.15, -0.1) is 0 Å². The van der Waals surface area contributed by atoms with Crippen LogP contribution in [0.15, 0.2) is 18.2 Å². The Balaban J connectivity index is 1.97. The third kappa shape index (κ3) is 3.05. The van der Waals surface area contributed by atoms with Crippen LogP contribution < -0.4 is 5.32 Å². The summed E-state index contributed by atoms with van der Waals surface area (Å²) in [4.78, 5) is 24.4. The zero-order chi connectivity index (χ0) is 14.0. The van der Waals surface area contributed by atoms with E-state index in [1.54, 1.807) is 12.1 Å². The minimum atomic E-state index is -0.352. The van der Waals surface area contributed by atoms with E-state index in [1.165, 1.54) is 13.1 Å². The first-order chi connectivity index (χ1) is 8.99. The van der Waals surface area contributed by atoms with Crippen molar-refractivity contribution in [2.75, 3.05) is 7.05 Å². The molecule has 1 fully saturated rings. The Bertz CT molecular complexity index is 519. The SMILES string of the molecule is CN1C(=O)CCC(NCc2ccc(O)c(Cl)c2)C1=O. The van der Waals surface area contributed by atoms with Crippen LogP contribution in [0.4, 0.5) is 0 Å². The van der Waals surface area contributed by atoms with Gasteiger partial charge in [-0.05, 0) is 24.1 Å². The third-order valence-electron chi connectivity index (χ3n) is 3.21. The molecule has 1 aliphatic rings. The van der Waals surface area contributed by atoms with Crippen molar-refractivity contribution in [1.29, 1.82) is 0 Å². The molecule has 1 aliphatic heterocycles. The average molecular weight is 283 g/mol. The van der Waals surface area contributed by atoms with Crippen LogP contribution in [0.25, 0.3) is 0 Å². The van der Waals surface area contributed by atoms with E-state index in [4.69, 9.17) is 11.6 Å². The summed E-state index contributed by atoms with van der Waals surface area (Å²) in [5.74, 6) is -0.318. The highest BCUT2D eigenvalue weighted by Crippen LogP contribution is 2.23. The Morgan fingerprint density at radius 2 is 2.21 bits per heavy atom. The van der Waals surface area contributed by atoms with Gasteiger partial charge in [-0.3, -0.25) is 14.5 Å². The number of piperidine rings is 1. The van der Waals surface area contributed by atoms with Gasteiger partial charge in [-0.1, -0.05) is 17.7 Å². The lowest BCUT2D eigenvalue weighted by molar-refractivity contribution is -0.148. The Labute approximate surface area is 116 Å². The molecule has 2 rings (SSSR count). The smallest absolute Gasteiger partial charge is 0.246 e. The number of phenols is 1. The van der Waals surface area contributed by atoms with Crippen molar-refractivity contribution in [2.45, 2.75) is 25.4 Å². The molecule has 1 unspecified atom stereocenters. The zero-order valence-electron chi connectivity index (χ0n) is 10.5. The number of carbonyl (C=O) groups is 2. The van der Waals surface area contributed by atoms with Crippen LogP contribution in [0.5, 0.6) is 5.75 Å². The summed E-state index contributed by atoms with van der Waals surface area (Å²) in [5, 5.41) is 12.7. The largest absolute Gasteiger partial charge is 0.506 e. The number of nitrogens with zero attached hydrogens (tertiary/aromatic N) is 1. The lowest BCUT2D eigenvalue weighted by Gasteiger charge is -2.28. The van der Waals surface area contributed by atoms with Crippen molar-refractivity contribution < 1.29 is 14.7 Å². The Hall–Kier alpha value is -1.59. The van der Waals surface area contributed by atoms with Crippen LogP contribution in [0.1, 0.15) is 18.4 Å². The topological polar surface area (TPSA) is 69.6 Å². The van der Waals surface area contributed by atoms with Crippen molar-refractivity contribution in [2.24, 2.45) is 0 Å². The van der Waals surface area contributed by atoms with E-state index in [0.717, 1.165) is 10.5 Å². The summed E-state index contributed by atoms with van der Waals surface area (Å²) < 4.78 is 0. The quantitative estimate of drug-likeness (QED) is 0.820. The van der Waals surface area contributed by atoms with Gasteiger partial charge in [0.15, 0.2) is 0 Å². The number of likely N-dealkylation sites (N-methyl/N-ethyl adjacent to an activating group) is 1. The maximum atomic E-state index is 11.9. The molecule has 0 bridgehead atoms. The van der Waals surface area contributed by atoms with Crippen molar-refractivity contribution >= 4 is 23.4 Å². The lowest BCUT2D eigenvalue weighted by Crippen LogP contribution is -2.51. The number of carbonyl (C=O) groups excluding carboxylic acids is 2. The fraction of sp³-hybridized carbons (Fsp3) is 0.385. The van der Waals surface area contributed by atoms with Gasteiger partial charge in [-0.25, -0.2) is 0 Å². The average Bonchev–Trinajstić information content (AvgIpc) is 2.39. The number of aromatic hydroxyl groups is 1. The number of benzene rings is 1. The van der Waals surface area contributed by atoms with E-state index >= 15 is 0 Å². The van der Waals surface area contributed by atoms with Crippen LogP contribution in [-0.4, -0.2) is 34.9 Å². The van der Waals surface area contributed by atoms with Gasteiger partial charge >= 0.3 is 0 Å². The van der Waals surface area contributed by atoms with Gasteiger partial charge in [0.2, 0.25) is 11.8 Å². The zero-order valence-corrected chi connectivity index (χ0v) is 11.3. The summed E-state index contributed by atoms with van der Waals surface area (Å²) in [6, 6.07) is 4.54. The molecule has 102 valence electrons. The minimum absolute atomic E-state index is 0.0319. The number of halogens is 1.